The van der Waals surface area contributed by atoms with Gasteiger partial charge in [-0.3, -0.25) is 0 Å². The molecule has 0 spiro atoms. The molecule has 0 atom stereocenters. The minimum absolute atomic E-state index is 0.0242. The van der Waals surface area contributed by atoms with Gasteiger partial charge < -0.3 is 19.5 Å². The van der Waals surface area contributed by atoms with Gasteiger partial charge in [-0.25, -0.2) is 9.97 Å². The van der Waals surface area contributed by atoms with Gasteiger partial charge in [0.2, 0.25) is 0 Å². The maximum absolute atomic E-state index is 10.6. The maximum atomic E-state index is 10.6. The number of nitrogens with zero attached hydrogens (tertiary/aromatic N) is 3. The molecule has 148 valence electrons. The molecule has 0 aliphatic carbocycles. The number of aromatic nitrogens is 3. The first-order valence-corrected chi connectivity index (χ1v) is 9.52. The number of phenols is 2. The van der Waals surface area contributed by atoms with Gasteiger partial charge in [0.15, 0.2) is 11.5 Å². The molecular weight excluding hydrogens is 378 g/mol. The van der Waals surface area contributed by atoms with Crippen LogP contribution >= 0.6 is 0 Å². The van der Waals surface area contributed by atoms with Crippen molar-refractivity contribution in [2.45, 2.75) is 6.54 Å². The van der Waals surface area contributed by atoms with Crippen molar-refractivity contribution in [2.75, 3.05) is 7.11 Å². The van der Waals surface area contributed by atoms with Crippen molar-refractivity contribution in [1.82, 2.24) is 14.5 Å². The van der Waals surface area contributed by atoms with Crippen LogP contribution in [0.3, 0.4) is 0 Å². The second kappa shape index (κ2) is 7.08. The van der Waals surface area contributed by atoms with Crippen LogP contribution in [-0.2, 0) is 6.54 Å². The second-order valence-electron chi connectivity index (χ2n) is 7.11. The highest BCUT2D eigenvalue weighted by Gasteiger charge is 2.16. The summed E-state index contributed by atoms with van der Waals surface area (Å²) in [4.78, 5) is 8.29. The summed E-state index contributed by atoms with van der Waals surface area (Å²) in [7, 11) is 1.67. The molecule has 6 nitrogen and oxygen atoms in total. The molecule has 5 rings (SSSR count). The summed E-state index contributed by atoms with van der Waals surface area (Å²) in [6.45, 7) is 0.594. The number of ether oxygens (including phenoxy) is 1. The molecule has 30 heavy (non-hydrogen) atoms. The first kappa shape index (κ1) is 18.0. The van der Waals surface area contributed by atoms with Gasteiger partial charge in [0.1, 0.15) is 16.8 Å². The van der Waals surface area contributed by atoms with Gasteiger partial charge in [0.25, 0.3) is 0 Å². The molecular formula is C24H19N3O3. The van der Waals surface area contributed by atoms with Gasteiger partial charge in [-0.2, -0.15) is 0 Å². The molecule has 5 aromatic rings. The molecule has 6 heteroatoms. The van der Waals surface area contributed by atoms with Crippen LogP contribution in [0.25, 0.3) is 32.9 Å². The van der Waals surface area contributed by atoms with E-state index in [0.29, 0.717) is 28.4 Å². The molecule has 0 saturated heterocycles. The number of benzene rings is 3. The SMILES string of the molecule is COc1ccccc1-c1ccc(Cn2cc3c(O)c4nccnc4c(O)c3c2)cc1. The molecule has 0 unspecified atom stereocenters. The lowest BCUT2D eigenvalue weighted by Crippen LogP contribution is -1.96. The van der Waals surface area contributed by atoms with E-state index < -0.39 is 0 Å². The number of fused-ring (bicyclic) bond motifs is 2. The Morgan fingerprint density at radius 3 is 2.03 bits per heavy atom. The van der Waals surface area contributed by atoms with E-state index in [0.717, 1.165) is 22.4 Å². The number of hydrogen-bond donors (Lipinski definition) is 2. The minimum atomic E-state index is 0.0242. The van der Waals surface area contributed by atoms with Gasteiger partial charge >= 0.3 is 0 Å². The summed E-state index contributed by atoms with van der Waals surface area (Å²) in [5.74, 6) is 0.884. The Kier molecular flexibility index (Phi) is 4.25. The topological polar surface area (TPSA) is 80.4 Å². The predicted molar refractivity (Wildman–Crippen MR) is 116 cm³/mol. The fraction of sp³-hybridized carbons (Fsp3) is 0.0833. The Bertz CT molecular complexity index is 1320. The standard InChI is InChI=1S/C24H19N3O3/c1-30-20-5-3-2-4-17(20)16-8-6-15(7-9-16)12-27-13-18-19(14-27)24(29)22-21(23(18)28)25-10-11-26-22/h2-11,13-14,28-29H,12H2,1H3. The van der Waals surface area contributed by atoms with Crippen molar-refractivity contribution in [3.8, 4) is 28.4 Å². The lowest BCUT2D eigenvalue weighted by atomic mass is 10.0. The summed E-state index contributed by atoms with van der Waals surface area (Å²) in [5, 5.41) is 22.3. The van der Waals surface area contributed by atoms with E-state index in [1.807, 2.05) is 41.2 Å². The number of para-hydroxylation sites is 1. The van der Waals surface area contributed by atoms with Gasteiger partial charge in [-0.15, -0.1) is 0 Å². The fourth-order valence-corrected chi connectivity index (χ4v) is 3.80. The van der Waals surface area contributed by atoms with Crippen molar-refractivity contribution in [3.05, 3.63) is 78.9 Å². The highest BCUT2D eigenvalue weighted by atomic mass is 16.5. The zero-order chi connectivity index (χ0) is 20.7. The molecule has 0 aliphatic rings. The van der Waals surface area contributed by atoms with Gasteiger partial charge in [-0.05, 0) is 17.2 Å². The quantitative estimate of drug-likeness (QED) is 0.429. The van der Waals surface area contributed by atoms with Gasteiger partial charge in [-0.1, -0.05) is 42.5 Å². The van der Waals surface area contributed by atoms with E-state index in [-0.39, 0.29) is 11.5 Å². The Hall–Kier alpha value is -4.06. The lowest BCUT2D eigenvalue weighted by Gasteiger charge is -2.09. The average molecular weight is 397 g/mol. The highest BCUT2D eigenvalue weighted by Crippen LogP contribution is 2.40. The first-order chi connectivity index (χ1) is 14.7. The molecule has 3 aromatic carbocycles. The molecule has 2 N–H and O–H groups in total. The van der Waals surface area contributed by atoms with Crippen LogP contribution in [0, 0.1) is 0 Å². The number of hydrogen-bond acceptors (Lipinski definition) is 5. The zero-order valence-corrected chi connectivity index (χ0v) is 16.3. The molecule has 2 heterocycles. The predicted octanol–water partition coefficient (Wildman–Crippen LogP) is 4.72. The third kappa shape index (κ3) is 2.90. The lowest BCUT2D eigenvalue weighted by molar-refractivity contribution is 0.416. The smallest absolute Gasteiger partial charge is 0.153 e. The Morgan fingerprint density at radius 2 is 1.43 bits per heavy atom. The van der Waals surface area contributed by atoms with E-state index in [1.54, 1.807) is 7.11 Å². The zero-order valence-electron chi connectivity index (χ0n) is 16.3. The van der Waals surface area contributed by atoms with E-state index >= 15 is 0 Å². The Labute approximate surface area is 172 Å². The number of aromatic hydroxyl groups is 2. The van der Waals surface area contributed by atoms with E-state index in [9.17, 15) is 10.2 Å². The Balaban J connectivity index is 1.49. The molecule has 0 bridgehead atoms. The van der Waals surface area contributed by atoms with Crippen LogP contribution < -0.4 is 4.74 Å². The van der Waals surface area contributed by atoms with Crippen LogP contribution in [0.5, 0.6) is 17.2 Å². The summed E-state index contributed by atoms with van der Waals surface area (Å²) in [5.41, 5.74) is 3.80. The van der Waals surface area contributed by atoms with Crippen molar-refractivity contribution >= 4 is 21.8 Å². The van der Waals surface area contributed by atoms with E-state index in [4.69, 9.17) is 4.74 Å². The first-order valence-electron chi connectivity index (χ1n) is 9.52. The van der Waals surface area contributed by atoms with Crippen molar-refractivity contribution in [2.24, 2.45) is 0 Å². The van der Waals surface area contributed by atoms with Crippen molar-refractivity contribution in [3.63, 3.8) is 0 Å². The largest absolute Gasteiger partial charge is 0.505 e. The second-order valence-corrected chi connectivity index (χ2v) is 7.11. The number of phenolic OH excluding ortho intramolecular Hbond substituents is 2. The van der Waals surface area contributed by atoms with Crippen LogP contribution in [0.4, 0.5) is 0 Å². The number of methoxy groups -OCH3 is 1. The molecule has 0 radical (unpaired) electrons. The minimum Gasteiger partial charge on any atom is -0.505 e. The normalized spacial score (nSPS) is 11.2. The monoisotopic (exact) mass is 397 g/mol. The molecule has 0 fully saturated rings. The summed E-state index contributed by atoms with van der Waals surface area (Å²) < 4.78 is 7.38. The number of rotatable bonds is 4. The molecule has 0 saturated carbocycles. The third-order valence-electron chi connectivity index (χ3n) is 5.27. The van der Waals surface area contributed by atoms with Gasteiger partial charge in [0, 0.05) is 47.7 Å². The van der Waals surface area contributed by atoms with Crippen LogP contribution in [0.1, 0.15) is 5.56 Å². The van der Waals surface area contributed by atoms with E-state index in [2.05, 4.69) is 34.2 Å². The fourth-order valence-electron chi connectivity index (χ4n) is 3.80. The molecule has 0 amide bonds. The summed E-state index contributed by atoms with van der Waals surface area (Å²) in [6.07, 6.45) is 6.61. The van der Waals surface area contributed by atoms with Crippen LogP contribution in [0.15, 0.2) is 73.3 Å². The van der Waals surface area contributed by atoms with Crippen molar-refractivity contribution in [1.29, 1.82) is 0 Å². The maximum Gasteiger partial charge on any atom is 0.153 e. The van der Waals surface area contributed by atoms with Crippen LogP contribution in [-0.4, -0.2) is 31.9 Å². The summed E-state index contributed by atoms with van der Waals surface area (Å²) >= 11 is 0. The molecule has 0 aliphatic heterocycles. The van der Waals surface area contributed by atoms with E-state index in [1.165, 1.54) is 12.4 Å². The average Bonchev–Trinajstić information content (AvgIpc) is 3.22. The highest BCUT2D eigenvalue weighted by molar-refractivity contribution is 6.07. The molecule has 2 aromatic heterocycles. The third-order valence-corrected chi connectivity index (χ3v) is 5.27. The van der Waals surface area contributed by atoms with Crippen molar-refractivity contribution < 1.29 is 14.9 Å². The van der Waals surface area contributed by atoms with Crippen LogP contribution in [0.2, 0.25) is 0 Å². The summed E-state index contributed by atoms with van der Waals surface area (Å²) in [6, 6.07) is 16.2. The Morgan fingerprint density at radius 1 is 0.833 bits per heavy atom. The van der Waals surface area contributed by atoms with Gasteiger partial charge in [0.05, 0.1) is 7.11 Å².